The molecule has 1 nitrogen and oxygen atoms in total. The van der Waals surface area contributed by atoms with Crippen LogP contribution >= 0.6 is 12.2 Å². The molecule has 0 bridgehead atoms. The van der Waals surface area contributed by atoms with Crippen molar-refractivity contribution in [1.82, 2.24) is 0 Å². The monoisotopic (exact) mass is 424 g/mol. The second-order valence-corrected chi connectivity index (χ2v) is 9.20. The van der Waals surface area contributed by atoms with Crippen LogP contribution in [0.25, 0.3) is 5.57 Å². The Morgan fingerprint density at radius 1 is 0.800 bits per heavy atom. The maximum Gasteiger partial charge on any atom is 0.179 e. The van der Waals surface area contributed by atoms with E-state index in [0.29, 0.717) is 11.8 Å². The maximum atomic E-state index is 12.2. The van der Waals surface area contributed by atoms with Crippen molar-refractivity contribution in [2.24, 2.45) is 0 Å². The van der Waals surface area contributed by atoms with E-state index in [0.717, 1.165) is 10.4 Å². The van der Waals surface area contributed by atoms with Gasteiger partial charge in [0.1, 0.15) is 0 Å². The molecule has 1 aromatic rings. The third-order valence-corrected chi connectivity index (χ3v) is 6.67. The summed E-state index contributed by atoms with van der Waals surface area (Å²) in [5, 5.41) is 0. The van der Waals surface area contributed by atoms with E-state index >= 15 is 0 Å². The largest absolute Gasteiger partial charge is 0.290 e. The smallest absolute Gasteiger partial charge is 0.179 e. The van der Waals surface area contributed by atoms with Gasteiger partial charge in [-0.1, -0.05) is 96.6 Å². The summed E-state index contributed by atoms with van der Waals surface area (Å²) in [5.74, 6) is 1.17. The van der Waals surface area contributed by atoms with Crippen molar-refractivity contribution in [2.75, 3.05) is 0 Å². The van der Waals surface area contributed by atoms with E-state index in [1.807, 2.05) is 6.08 Å². The molecule has 0 aliphatic heterocycles. The number of allylic oxidation sites excluding steroid dienone is 4. The molecule has 2 unspecified atom stereocenters. The minimum Gasteiger partial charge on any atom is -0.290 e. The summed E-state index contributed by atoms with van der Waals surface area (Å²) in [7, 11) is 0. The lowest BCUT2D eigenvalue weighted by Gasteiger charge is -2.25. The Morgan fingerprint density at radius 2 is 1.43 bits per heavy atom. The van der Waals surface area contributed by atoms with Gasteiger partial charge >= 0.3 is 0 Å². The lowest BCUT2D eigenvalue weighted by atomic mass is 9.80. The van der Waals surface area contributed by atoms with E-state index in [1.165, 1.54) is 80.9 Å². The third kappa shape index (κ3) is 6.74. The zero-order valence-corrected chi connectivity index (χ0v) is 20.3. The van der Waals surface area contributed by atoms with Crippen molar-refractivity contribution in [3.8, 4) is 0 Å². The van der Waals surface area contributed by atoms with Gasteiger partial charge in [-0.2, -0.15) is 0 Å². The Kier molecular flexibility index (Phi) is 10.7. The zero-order chi connectivity index (χ0) is 21.9. The summed E-state index contributed by atoms with van der Waals surface area (Å²) in [4.78, 5) is 13.0. The van der Waals surface area contributed by atoms with Crippen molar-refractivity contribution in [2.45, 2.75) is 104 Å². The summed E-state index contributed by atoms with van der Waals surface area (Å²) in [6.45, 7) is 9.08. The Bertz CT molecular complexity index is 771. The number of benzene rings is 1. The fraction of sp³-hybridized carbons (Fsp3) is 0.571. The lowest BCUT2D eigenvalue weighted by molar-refractivity contribution is -0.110. The first kappa shape index (κ1) is 24.7. The van der Waals surface area contributed by atoms with Crippen LogP contribution in [0.15, 0.2) is 36.4 Å². The van der Waals surface area contributed by atoms with Crippen molar-refractivity contribution < 1.29 is 4.79 Å². The topological polar surface area (TPSA) is 17.1 Å². The van der Waals surface area contributed by atoms with Gasteiger partial charge in [0.2, 0.25) is 0 Å². The molecule has 0 aromatic heterocycles. The highest BCUT2D eigenvalue weighted by Gasteiger charge is 2.22. The summed E-state index contributed by atoms with van der Waals surface area (Å²) in [6.07, 6.45) is 17.3. The van der Waals surface area contributed by atoms with Crippen LogP contribution in [0.4, 0.5) is 0 Å². The molecule has 30 heavy (non-hydrogen) atoms. The summed E-state index contributed by atoms with van der Waals surface area (Å²) in [5.41, 5.74) is 4.97. The molecule has 0 radical (unpaired) electrons. The van der Waals surface area contributed by atoms with Crippen LogP contribution in [-0.4, -0.2) is 10.6 Å². The van der Waals surface area contributed by atoms with Crippen LogP contribution in [0.1, 0.15) is 120 Å². The Hall–Kier alpha value is -1.54. The average molecular weight is 425 g/mol. The fourth-order valence-corrected chi connectivity index (χ4v) is 4.90. The van der Waals surface area contributed by atoms with Gasteiger partial charge in [-0.3, -0.25) is 4.79 Å². The van der Waals surface area contributed by atoms with Crippen LogP contribution in [0.5, 0.6) is 0 Å². The third-order valence-electron chi connectivity index (χ3n) is 6.32. The van der Waals surface area contributed by atoms with E-state index < -0.39 is 0 Å². The van der Waals surface area contributed by atoms with Crippen molar-refractivity contribution in [3.05, 3.63) is 53.1 Å². The lowest BCUT2D eigenvalue weighted by Crippen LogP contribution is -2.11. The first-order valence-electron chi connectivity index (χ1n) is 12.2. The molecule has 0 N–H and O–H groups in total. The van der Waals surface area contributed by atoms with Crippen LogP contribution < -0.4 is 0 Å². The van der Waals surface area contributed by atoms with Crippen LogP contribution in [0, 0.1) is 0 Å². The highest BCUT2D eigenvalue weighted by Crippen LogP contribution is 2.37. The fourth-order valence-electron chi connectivity index (χ4n) is 4.67. The van der Waals surface area contributed by atoms with Gasteiger partial charge in [0.25, 0.3) is 0 Å². The van der Waals surface area contributed by atoms with Crippen molar-refractivity contribution >= 4 is 28.4 Å². The van der Waals surface area contributed by atoms with Crippen LogP contribution in [0.3, 0.4) is 0 Å². The second kappa shape index (κ2) is 13.0. The molecule has 2 rings (SSSR count). The summed E-state index contributed by atoms with van der Waals surface area (Å²) in [6, 6.07) is 7.11. The standard InChI is InChI=1S/C28H40OS/c1-5-9-13-21(11-7-3)23-15-17-25(22(12-8-4)14-10-6-2)26(19-23)27-20-24(29)16-18-28(27)30/h15-22H,5-14H2,1-4H3. The van der Waals surface area contributed by atoms with E-state index in [1.54, 1.807) is 12.2 Å². The number of carbonyl (C=O) groups excluding carboxylic acids is 1. The van der Waals surface area contributed by atoms with Gasteiger partial charge in [-0.25, -0.2) is 0 Å². The highest BCUT2D eigenvalue weighted by atomic mass is 32.1. The molecule has 164 valence electrons. The molecule has 0 saturated heterocycles. The molecule has 0 heterocycles. The van der Waals surface area contributed by atoms with E-state index in [-0.39, 0.29) is 5.78 Å². The van der Waals surface area contributed by atoms with E-state index in [2.05, 4.69) is 45.9 Å². The molecule has 0 amide bonds. The minimum atomic E-state index is 0.0478. The number of rotatable bonds is 13. The average Bonchev–Trinajstić information content (AvgIpc) is 2.75. The quantitative estimate of drug-likeness (QED) is 0.294. The summed E-state index contributed by atoms with van der Waals surface area (Å²) >= 11 is 5.68. The summed E-state index contributed by atoms with van der Waals surface area (Å²) < 4.78 is 0. The predicted molar refractivity (Wildman–Crippen MR) is 136 cm³/mol. The molecular formula is C28H40OS. The Morgan fingerprint density at radius 3 is 2.07 bits per heavy atom. The van der Waals surface area contributed by atoms with E-state index in [9.17, 15) is 4.79 Å². The van der Waals surface area contributed by atoms with Gasteiger partial charge in [-0.05, 0) is 72.4 Å². The molecule has 1 aromatic carbocycles. The minimum absolute atomic E-state index is 0.0478. The van der Waals surface area contributed by atoms with Gasteiger partial charge in [-0.15, -0.1) is 0 Å². The molecule has 0 spiro atoms. The maximum absolute atomic E-state index is 12.2. The van der Waals surface area contributed by atoms with E-state index in [4.69, 9.17) is 12.2 Å². The SMILES string of the molecule is CCCCC(CCC)c1ccc(C(CCC)CCCC)c(C2=CC(=O)C=CC2=S)c1. The molecule has 2 heteroatoms. The highest BCUT2D eigenvalue weighted by molar-refractivity contribution is 7.81. The molecular weight excluding hydrogens is 384 g/mol. The number of carbonyl (C=O) groups is 1. The number of thiocarbonyl (C=S) groups is 1. The van der Waals surface area contributed by atoms with Gasteiger partial charge in [0.05, 0.1) is 0 Å². The first-order valence-corrected chi connectivity index (χ1v) is 12.6. The molecule has 0 saturated carbocycles. The van der Waals surface area contributed by atoms with Crippen LogP contribution in [-0.2, 0) is 4.79 Å². The zero-order valence-electron chi connectivity index (χ0n) is 19.5. The van der Waals surface area contributed by atoms with Crippen molar-refractivity contribution in [1.29, 1.82) is 0 Å². The molecule has 1 aliphatic carbocycles. The van der Waals surface area contributed by atoms with Gasteiger partial charge in [0.15, 0.2) is 5.78 Å². The van der Waals surface area contributed by atoms with Gasteiger partial charge in [0, 0.05) is 10.4 Å². The van der Waals surface area contributed by atoms with Crippen molar-refractivity contribution in [3.63, 3.8) is 0 Å². The Balaban J connectivity index is 2.55. The normalized spacial score (nSPS) is 15.9. The number of hydrogen-bond donors (Lipinski definition) is 0. The number of ketones is 1. The molecule has 0 fully saturated rings. The Labute approximate surface area is 190 Å². The molecule has 2 atom stereocenters. The predicted octanol–water partition coefficient (Wildman–Crippen LogP) is 8.73. The number of hydrogen-bond acceptors (Lipinski definition) is 2. The van der Waals surface area contributed by atoms with Gasteiger partial charge < -0.3 is 0 Å². The molecule has 1 aliphatic rings. The second-order valence-electron chi connectivity index (χ2n) is 8.76. The van der Waals surface area contributed by atoms with Crippen LogP contribution in [0.2, 0.25) is 0 Å². The first-order chi connectivity index (χ1) is 14.5. The number of unbranched alkanes of at least 4 members (excludes halogenated alkanes) is 2.